The van der Waals surface area contributed by atoms with Crippen molar-refractivity contribution in [2.45, 2.75) is 46.1 Å². The van der Waals surface area contributed by atoms with Gasteiger partial charge in [-0.1, -0.05) is 20.8 Å². The van der Waals surface area contributed by atoms with Gasteiger partial charge in [0.1, 0.15) is 0 Å². The van der Waals surface area contributed by atoms with E-state index in [1.54, 1.807) is 0 Å². The summed E-state index contributed by atoms with van der Waals surface area (Å²) in [6.45, 7) is 8.04. The molecule has 0 aromatic heterocycles. The van der Waals surface area contributed by atoms with Crippen molar-refractivity contribution >= 4 is 5.90 Å². The van der Waals surface area contributed by atoms with E-state index in [0.29, 0.717) is 30.4 Å². The Morgan fingerprint density at radius 1 is 1.47 bits per heavy atom. The molecule has 0 bridgehead atoms. The predicted octanol–water partition coefficient (Wildman–Crippen LogP) is 2.84. The zero-order valence-electron chi connectivity index (χ0n) is 10.1. The van der Waals surface area contributed by atoms with Gasteiger partial charge >= 0.3 is 0 Å². The summed E-state index contributed by atoms with van der Waals surface area (Å²) in [6, 6.07) is 0. The summed E-state index contributed by atoms with van der Waals surface area (Å²) in [4.78, 5) is 0. The molecule has 88 valence electrons. The van der Waals surface area contributed by atoms with Gasteiger partial charge in [0.05, 0.1) is 19.3 Å². The second kappa shape index (κ2) is 6.11. The third kappa shape index (κ3) is 6.50. The van der Waals surface area contributed by atoms with Crippen LogP contribution in [0.25, 0.3) is 0 Å². The molecule has 2 unspecified atom stereocenters. The molecule has 1 rings (SSSR count). The summed E-state index contributed by atoms with van der Waals surface area (Å²) in [5.41, 5.74) is 0. The van der Waals surface area contributed by atoms with Crippen molar-refractivity contribution in [2.24, 2.45) is 11.8 Å². The van der Waals surface area contributed by atoms with Gasteiger partial charge in [-0.2, -0.15) is 0 Å². The maximum Gasteiger partial charge on any atom is 0.180 e. The number of rotatable bonds is 7. The van der Waals surface area contributed by atoms with Crippen LogP contribution in [0, 0.1) is 17.2 Å². The summed E-state index contributed by atoms with van der Waals surface area (Å²) >= 11 is 0. The zero-order chi connectivity index (χ0) is 11.3. The van der Waals surface area contributed by atoms with Gasteiger partial charge in [-0.05, 0) is 24.7 Å². The maximum absolute atomic E-state index is 7.57. The van der Waals surface area contributed by atoms with E-state index in [4.69, 9.17) is 14.9 Å². The molecule has 1 aliphatic heterocycles. The van der Waals surface area contributed by atoms with E-state index in [1.807, 2.05) is 0 Å². The fourth-order valence-corrected chi connectivity index (χ4v) is 1.58. The third-order valence-electron chi connectivity index (χ3n) is 2.55. The van der Waals surface area contributed by atoms with Crippen LogP contribution in [0.4, 0.5) is 0 Å². The third-order valence-corrected chi connectivity index (χ3v) is 2.55. The molecule has 0 aromatic carbocycles. The average Bonchev–Trinajstić information content (AvgIpc) is 2.86. The number of epoxide rings is 1. The largest absolute Gasteiger partial charge is 0.481 e. The van der Waals surface area contributed by atoms with Gasteiger partial charge in [0, 0.05) is 6.42 Å². The van der Waals surface area contributed by atoms with Crippen LogP contribution in [-0.4, -0.2) is 25.2 Å². The molecule has 1 aliphatic rings. The lowest BCUT2D eigenvalue weighted by atomic mass is 10.0. The van der Waals surface area contributed by atoms with E-state index in [1.165, 1.54) is 0 Å². The zero-order valence-corrected chi connectivity index (χ0v) is 10.1. The Balaban J connectivity index is 1.96. The van der Waals surface area contributed by atoms with E-state index in [-0.39, 0.29) is 0 Å². The highest BCUT2D eigenvalue weighted by molar-refractivity contribution is 5.72. The number of nitrogens with one attached hydrogen (secondary N) is 1. The molecule has 3 nitrogen and oxygen atoms in total. The van der Waals surface area contributed by atoms with Crippen LogP contribution in [0.1, 0.15) is 40.0 Å². The molecule has 1 heterocycles. The Hall–Kier alpha value is -0.570. The molecular weight excluding hydrogens is 190 g/mol. The lowest BCUT2D eigenvalue weighted by Crippen LogP contribution is -2.11. The molecule has 0 aromatic rings. The molecule has 2 atom stereocenters. The van der Waals surface area contributed by atoms with Crippen LogP contribution in [0.15, 0.2) is 0 Å². The second-order valence-corrected chi connectivity index (χ2v) is 4.95. The molecule has 0 amide bonds. The van der Waals surface area contributed by atoms with Crippen molar-refractivity contribution in [3.63, 3.8) is 0 Å². The summed E-state index contributed by atoms with van der Waals surface area (Å²) in [5.74, 6) is 1.58. The highest BCUT2D eigenvalue weighted by Crippen LogP contribution is 2.21. The van der Waals surface area contributed by atoms with Crippen molar-refractivity contribution in [3.05, 3.63) is 0 Å². The SMILES string of the molecule is CC(C)CC(=N)OCCC(C)CC1CO1. The number of hydrogen-bond acceptors (Lipinski definition) is 3. The second-order valence-electron chi connectivity index (χ2n) is 4.95. The lowest BCUT2D eigenvalue weighted by Gasteiger charge is -2.12. The summed E-state index contributed by atoms with van der Waals surface area (Å²) < 4.78 is 10.5. The number of hydrogen-bond donors (Lipinski definition) is 1. The van der Waals surface area contributed by atoms with Crippen LogP contribution < -0.4 is 0 Å². The maximum atomic E-state index is 7.57. The van der Waals surface area contributed by atoms with Crippen LogP contribution in [0.2, 0.25) is 0 Å². The van der Waals surface area contributed by atoms with E-state index in [9.17, 15) is 0 Å². The van der Waals surface area contributed by atoms with E-state index in [0.717, 1.165) is 25.9 Å². The average molecular weight is 213 g/mol. The van der Waals surface area contributed by atoms with Crippen LogP contribution in [-0.2, 0) is 9.47 Å². The van der Waals surface area contributed by atoms with Gasteiger partial charge in [-0.15, -0.1) is 0 Å². The first-order valence-corrected chi connectivity index (χ1v) is 5.89. The van der Waals surface area contributed by atoms with E-state index < -0.39 is 0 Å². The topological polar surface area (TPSA) is 45.6 Å². The van der Waals surface area contributed by atoms with Gasteiger partial charge in [0.2, 0.25) is 0 Å². The Bertz CT molecular complexity index is 200. The molecule has 3 heteroatoms. The summed E-state index contributed by atoms with van der Waals surface area (Å²) in [6.07, 6.45) is 3.43. The molecule has 0 aliphatic carbocycles. The molecule has 1 N–H and O–H groups in total. The highest BCUT2D eigenvalue weighted by atomic mass is 16.6. The molecule has 0 spiro atoms. The molecule has 1 fully saturated rings. The van der Waals surface area contributed by atoms with Crippen molar-refractivity contribution in [3.8, 4) is 0 Å². The predicted molar refractivity (Wildman–Crippen MR) is 61.3 cm³/mol. The van der Waals surface area contributed by atoms with Gasteiger partial charge in [-0.25, -0.2) is 0 Å². The first-order chi connectivity index (χ1) is 7.08. The Labute approximate surface area is 92.7 Å². The van der Waals surface area contributed by atoms with E-state index >= 15 is 0 Å². The minimum absolute atomic E-state index is 0.430. The minimum atomic E-state index is 0.430. The van der Waals surface area contributed by atoms with Crippen LogP contribution >= 0.6 is 0 Å². The molecule has 0 saturated carbocycles. The highest BCUT2D eigenvalue weighted by Gasteiger charge is 2.24. The van der Waals surface area contributed by atoms with Gasteiger partial charge in [0.15, 0.2) is 5.90 Å². The number of ether oxygens (including phenoxy) is 2. The summed E-state index contributed by atoms with van der Waals surface area (Å²) in [7, 11) is 0. The van der Waals surface area contributed by atoms with Gasteiger partial charge < -0.3 is 9.47 Å². The first-order valence-electron chi connectivity index (χ1n) is 5.89. The van der Waals surface area contributed by atoms with Crippen molar-refractivity contribution in [1.82, 2.24) is 0 Å². The van der Waals surface area contributed by atoms with Crippen molar-refractivity contribution in [2.75, 3.05) is 13.2 Å². The normalized spacial score (nSPS) is 21.5. The van der Waals surface area contributed by atoms with E-state index in [2.05, 4.69) is 20.8 Å². The fraction of sp³-hybridized carbons (Fsp3) is 0.917. The molecule has 1 saturated heterocycles. The Morgan fingerprint density at radius 2 is 2.13 bits per heavy atom. The fourth-order valence-electron chi connectivity index (χ4n) is 1.58. The van der Waals surface area contributed by atoms with Crippen LogP contribution in [0.5, 0.6) is 0 Å². The standard InChI is InChI=1S/C12H23NO2/c1-9(2)6-12(13)14-5-4-10(3)7-11-8-15-11/h9-11,13H,4-8H2,1-3H3. The lowest BCUT2D eigenvalue weighted by molar-refractivity contribution is 0.247. The minimum Gasteiger partial charge on any atom is -0.481 e. The monoisotopic (exact) mass is 213 g/mol. The van der Waals surface area contributed by atoms with Crippen molar-refractivity contribution in [1.29, 1.82) is 5.41 Å². The summed E-state index contributed by atoms with van der Waals surface area (Å²) in [5, 5.41) is 7.57. The Kier molecular flexibility index (Phi) is 5.09. The van der Waals surface area contributed by atoms with Gasteiger partial charge in [0.25, 0.3) is 0 Å². The Morgan fingerprint density at radius 3 is 2.67 bits per heavy atom. The quantitative estimate of drug-likeness (QED) is 0.401. The van der Waals surface area contributed by atoms with Crippen molar-refractivity contribution < 1.29 is 9.47 Å². The van der Waals surface area contributed by atoms with Crippen LogP contribution in [0.3, 0.4) is 0 Å². The molecule has 15 heavy (non-hydrogen) atoms. The molecule has 0 radical (unpaired) electrons. The first kappa shape index (κ1) is 12.5. The molecular formula is C12H23NO2. The smallest absolute Gasteiger partial charge is 0.180 e. The van der Waals surface area contributed by atoms with Gasteiger partial charge in [-0.3, -0.25) is 5.41 Å².